The van der Waals surface area contributed by atoms with Gasteiger partial charge in [0.15, 0.2) is 5.82 Å². The van der Waals surface area contributed by atoms with Gasteiger partial charge in [-0.1, -0.05) is 6.92 Å². The third-order valence-corrected chi connectivity index (χ3v) is 3.42. The van der Waals surface area contributed by atoms with Gasteiger partial charge in [-0.3, -0.25) is 0 Å². The number of aromatic nitrogens is 2. The topological polar surface area (TPSA) is 47.0 Å². The molecule has 0 radical (unpaired) electrons. The zero-order valence-corrected chi connectivity index (χ0v) is 10.9. The summed E-state index contributed by atoms with van der Waals surface area (Å²) < 4.78 is 5.82. The maximum atomic E-state index is 5.82. The molecule has 4 heteroatoms. The van der Waals surface area contributed by atoms with Crippen LogP contribution in [0.4, 0.5) is 0 Å². The number of fused-ring (bicyclic) bond motifs is 1. The molecule has 0 fully saturated rings. The lowest BCUT2D eigenvalue weighted by molar-refractivity contribution is -0.0392. The Hall–Kier alpha value is -1.00. The molecule has 0 aromatic carbocycles. The highest BCUT2D eigenvalue weighted by Gasteiger charge is 2.29. The van der Waals surface area contributed by atoms with Gasteiger partial charge < -0.3 is 10.1 Å². The van der Waals surface area contributed by atoms with Crippen LogP contribution in [0, 0.1) is 0 Å². The Bertz CT molecular complexity index is 394. The van der Waals surface area contributed by atoms with Gasteiger partial charge in [0.25, 0.3) is 0 Å². The Kier molecular flexibility index (Phi) is 3.74. The molecule has 0 bridgehead atoms. The van der Waals surface area contributed by atoms with Crippen molar-refractivity contribution >= 4 is 0 Å². The van der Waals surface area contributed by atoms with Crippen molar-refractivity contribution in [3.8, 4) is 0 Å². The molecule has 1 N–H and O–H groups in total. The third kappa shape index (κ3) is 2.48. The van der Waals surface area contributed by atoms with E-state index in [-0.39, 0.29) is 5.60 Å². The number of nitrogens with one attached hydrogen (secondary N) is 1. The van der Waals surface area contributed by atoms with Crippen LogP contribution in [0.5, 0.6) is 0 Å². The number of rotatable bonds is 4. The van der Waals surface area contributed by atoms with Crippen molar-refractivity contribution in [2.45, 2.75) is 45.8 Å². The summed E-state index contributed by atoms with van der Waals surface area (Å²) in [6.45, 7) is 8.76. The number of hydrogen-bond donors (Lipinski definition) is 1. The zero-order valence-electron chi connectivity index (χ0n) is 10.9. The number of ether oxygens (including phenoxy) is 1. The smallest absolute Gasteiger partial charge is 0.160 e. The first-order chi connectivity index (χ1) is 8.19. The first kappa shape index (κ1) is 12.5. The van der Waals surface area contributed by atoms with Crippen molar-refractivity contribution in [2.75, 3.05) is 13.2 Å². The Morgan fingerprint density at radius 1 is 1.47 bits per heavy atom. The molecule has 0 amide bonds. The molecule has 4 nitrogen and oxygen atoms in total. The summed E-state index contributed by atoms with van der Waals surface area (Å²) in [6.07, 6.45) is 3.81. The molecule has 1 aromatic heterocycles. The largest absolute Gasteiger partial charge is 0.368 e. The monoisotopic (exact) mass is 235 g/mol. The second-order valence-corrected chi connectivity index (χ2v) is 4.61. The quantitative estimate of drug-likeness (QED) is 0.864. The Morgan fingerprint density at radius 2 is 2.29 bits per heavy atom. The van der Waals surface area contributed by atoms with Crippen LogP contribution in [0.3, 0.4) is 0 Å². The molecular formula is C13H21N3O. The second kappa shape index (κ2) is 5.10. The van der Waals surface area contributed by atoms with Crippen LogP contribution >= 0.6 is 0 Å². The van der Waals surface area contributed by atoms with Crippen LogP contribution in [0.25, 0.3) is 0 Å². The van der Waals surface area contributed by atoms with Crippen LogP contribution in [0.1, 0.15) is 44.3 Å². The van der Waals surface area contributed by atoms with Crippen molar-refractivity contribution in [2.24, 2.45) is 0 Å². The molecule has 0 spiro atoms. The van der Waals surface area contributed by atoms with Crippen LogP contribution in [0.15, 0.2) is 6.20 Å². The van der Waals surface area contributed by atoms with Gasteiger partial charge >= 0.3 is 0 Å². The van der Waals surface area contributed by atoms with E-state index in [4.69, 9.17) is 9.72 Å². The van der Waals surface area contributed by atoms with Gasteiger partial charge in [-0.15, -0.1) is 0 Å². The first-order valence-electron chi connectivity index (χ1n) is 6.39. The highest BCUT2D eigenvalue weighted by molar-refractivity contribution is 5.21. The maximum absolute atomic E-state index is 5.82. The lowest BCUT2D eigenvalue weighted by Crippen LogP contribution is -2.31. The van der Waals surface area contributed by atoms with Gasteiger partial charge in [0.05, 0.1) is 0 Å². The van der Waals surface area contributed by atoms with Crippen LogP contribution in [0.2, 0.25) is 0 Å². The number of hydrogen-bond acceptors (Lipinski definition) is 4. The summed E-state index contributed by atoms with van der Waals surface area (Å²) in [4.78, 5) is 9.18. The molecular weight excluding hydrogens is 214 g/mol. The van der Waals surface area contributed by atoms with Crippen LogP contribution in [-0.2, 0) is 23.3 Å². The summed E-state index contributed by atoms with van der Waals surface area (Å²) in [5.41, 5.74) is 2.04. The molecule has 0 saturated heterocycles. The van der Waals surface area contributed by atoms with E-state index >= 15 is 0 Å². The van der Waals surface area contributed by atoms with Crippen molar-refractivity contribution in [3.05, 3.63) is 23.3 Å². The fraction of sp³-hybridized carbons (Fsp3) is 0.692. The lowest BCUT2D eigenvalue weighted by Gasteiger charge is -2.28. The van der Waals surface area contributed by atoms with Gasteiger partial charge in [0.1, 0.15) is 5.60 Å². The van der Waals surface area contributed by atoms with E-state index in [1.165, 1.54) is 11.3 Å². The SMILES string of the molecule is CCOC(C)(CC)c1ncc2c(n1)CCNC2. The van der Waals surface area contributed by atoms with Gasteiger partial charge in [0.2, 0.25) is 0 Å². The minimum Gasteiger partial charge on any atom is -0.368 e. The average Bonchev–Trinajstić information content (AvgIpc) is 2.38. The normalized spacial score (nSPS) is 18.5. The van der Waals surface area contributed by atoms with Crippen LogP contribution < -0.4 is 5.32 Å². The molecule has 1 atom stereocenters. The Morgan fingerprint density at radius 3 is 3.00 bits per heavy atom. The fourth-order valence-corrected chi connectivity index (χ4v) is 2.13. The molecule has 1 unspecified atom stereocenters. The minimum atomic E-state index is -0.353. The third-order valence-electron chi connectivity index (χ3n) is 3.42. The summed E-state index contributed by atoms with van der Waals surface area (Å²) in [5, 5.41) is 3.33. The molecule has 17 heavy (non-hydrogen) atoms. The molecule has 1 aromatic rings. The van der Waals surface area contributed by atoms with E-state index in [1.54, 1.807) is 0 Å². The lowest BCUT2D eigenvalue weighted by atomic mass is 10.0. The van der Waals surface area contributed by atoms with E-state index in [9.17, 15) is 0 Å². The molecule has 0 saturated carbocycles. The van der Waals surface area contributed by atoms with Gasteiger partial charge in [-0.2, -0.15) is 0 Å². The summed E-state index contributed by atoms with van der Waals surface area (Å²) in [5.74, 6) is 0.822. The molecule has 2 rings (SSSR count). The van der Waals surface area contributed by atoms with Gasteiger partial charge in [-0.25, -0.2) is 9.97 Å². The highest BCUT2D eigenvalue weighted by atomic mass is 16.5. The Labute approximate surface area is 103 Å². The summed E-state index contributed by atoms with van der Waals surface area (Å²) in [7, 11) is 0. The standard InChI is InChI=1S/C13H21N3O/c1-4-13(3,17-5-2)12-15-9-10-8-14-7-6-11(10)16-12/h9,14H,4-8H2,1-3H3. The van der Waals surface area contributed by atoms with Crippen LogP contribution in [-0.4, -0.2) is 23.1 Å². The van der Waals surface area contributed by atoms with Crippen molar-refractivity contribution < 1.29 is 4.74 Å². The van der Waals surface area contributed by atoms with E-state index in [0.717, 1.165) is 31.8 Å². The number of nitrogens with zero attached hydrogens (tertiary/aromatic N) is 2. The predicted molar refractivity (Wildman–Crippen MR) is 66.7 cm³/mol. The van der Waals surface area contributed by atoms with Gasteiger partial charge in [0, 0.05) is 43.6 Å². The first-order valence-corrected chi connectivity index (χ1v) is 6.39. The van der Waals surface area contributed by atoms with E-state index in [0.29, 0.717) is 6.61 Å². The highest BCUT2D eigenvalue weighted by Crippen LogP contribution is 2.26. The van der Waals surface area contributed by atoms with E-state index < -0.39 is 0 Å². The molecule has 2 heterocycles. The second-order valence-electron chi connectivity index (χ2n) is 4.61. The maximum Gasteiger partial charge on any atom is 0.160 e. The molecule has 1 aliphatic heterocycles. The summed E-state index contributed by atoms with van der Waals surface area (Å²) >= 11 is 0. The van der Waals surface area contributed by atoms with E-state index in [1.807, 2.05) is 13.1 Å². The van der Waals surface area contributed by atoms with Crippen molar-refractivity contribution in [1.82, 2.24) is 15.3 Å². The summed E-state index contributed by atoms with van der Waals surface area (Å²) in [6, 6.07) is 0. The molecule has 94 valence electrons. The van der Waals surface area contributed by atoms with Crippen molar-refractivity contribution in [1.29, 1.82) is 0 Å². The minimum absolute atomic E-state index is 0.353. The fourth-order valence-electron chi connectivity index (χ4n) is 2.13. The average molecular weight is 235 g/mol. The predicted octanol–water partition coefficient (Wildman–Crippen LogP) is 1.78. The Balaban J connectivity index is 2.32. The van der Waals surface area contributed by atoms with Crippen molar-refractivity contribution in [3.63, 3.8) is 0 Å². The molecule has 0 aliphatic carbocycles. The van der Waals surface area contributed by atoms with Gasteiger partial charge in [-0.05, 0) is 20.3 Å². The zero-order chi connectivity index (χ0) is 12.3. The molecule has 1 aliphatic rings. The van der Waals surface area contributed by atoms with E-state index in [2.05, 4.69) is 24.1 Å².